The third-order valence-corrected chi connectivity index (χ3v) is 2.82. The van der Waals surface area contributed by atoms with Gasteiger partial charge in [-0.3, -0.25) is 0 Å². The number of hydrogen-bond donors (Lipinski definition) is 0. The Morgan fingerprint density at radius 3 is 1.79 bits per heavy atom. The van der Waals surface area contributed by atoms with Crippen LogP contribution < -0.4 is 9.47 Å². The van der Waals surface area contributed by atoms with Gasteiger partial charge in [0.25, 0.3) is 0 Å². The van der Waals surface area contributed by atoms with Crippen LogP contribution in [0.2, 0.25) is 0 Å². The zero-order chi connectivity index (χ0) is 13.7. The van der Waals surface area contributed by atoms with E-state index in [0.717, 1.165) is 22.8 Å². The fraction of sp³-hybridized carbons (Fsp3) is 0.250. The summed E-state index contributed by atoms with van der Waals surface area (Å²) in [7, 11) is 0. The average molecular weight is 277 g/mol. The van der Waals surface area contributed by atoms with E-state index >= 15 is 0 Å². The van der Waals surface area contributed by atoms with Crippen molar-refractivity contribution in [3.63, 3.8) is 0 Å². The highest BCUT2D eigenvalue weighted by molar-refractivity contribution is 6.17. The second-order valence-corrected chi connectivity index (χ2v) is 4.78. The molecule has 0 aromatic heterocycles. The van der Waals surface area contributed by atoms with E-state index in [9.17, 15) is 0 Å². The van der Waals surface area contributed by atoms with Crippen molar-refractivity contribution in [3.05, 3.63) is 54.1 Å². The van der Waals surface area contributed by atoms with Crippen molar-refractivity contribution >= 4 is 11.6 Å². The Balaban J connectivity index is 2.02. The SMILES string of the molecule is CC(C)Oc1ccc(Oc2ccc(CCl)cc2)cc1. The molecule has 0 amide bonds. The normalized spacial score (nSPS) is 10.5. The molecule has 100 valence electrons. The lowest BCUT2D eigenvalue weighted by Crippen LogP contribution is -2.05. The fourth-order valence-corrected chi connectivity index (χ4v) is 1.82. The molecule has 19 heavy (non-hydrogen) atoms. The largest absolute Gasteiger partial charge is 0.491 e. The number of halogens is 1. The molecule has 0 spiro atoms. The number of alkyl halides is 1. The van der Waals surface area contributed by atoms with Gasteiger partial charge >= 0.3 is 0 Å². The molecular weight excluding hydrogens is 260 g/mol. The molecular formula is C16H17ClO2. The minimum absolute atomic E-state index is 0.176. The van der Waals surface area contributed by atoms with Crippen LogP contribution in [-0.2, 0) is 5.88 Å². The van der Waals surface area contributed by atoms with Gasteiger partial charge in [0.1, 0.15) is 17.2 Å². The molecule has 0 N–H and O–H groups in total. The summed E-state index contributed by atoms with van der Waals surface area (Å²) in [6.45, 7) is 4.01. The first-order valence-electron chi connectivity index (χ1n) is 6.27. The Morgan fingerprint density at radius 1 is 0.842 bits per heavy atom. The minimum Gasteiger partial charge on any atom is -0.491 e. The predicted molar refractivity (Wildman–Crippen MR) is 78.3 cm³/mol. The highest BCUT2D eigenvalue weighted by atomic mass is 35.5. The first-order chi connectivity index (χ1) is 9.17. The van der Waals surface area contributed by atoms with E-state index in [-0.39, 0.29) is 6.10 Å². The topological polar surface area (TPSA) is 18.5 Å². The first kappa shape index (κ1) is 13.8. The lowest BCUT2D eigenvalue weighted by atomic mass is 10.2. The van der Waals surface area contributed by atoms with Gasteiger partial charge in [-0.2, -0.15) is 0 Å². The van der Waals surface area contributed by atoms with E-state index in [0.29, 0.717) is 5.88 Å². The van der Waals surface area contributed by atoms with Crippen molar-refractivity contribution in [2.75, 3.05) is 0 Å². The van der Waals surface area contributed by atoms with Crippen LogP contribution in [-0.4, -0.2) is 6.10 Å². The summed E-state index contributed by atoms with van der Waals surface area (Å²) in [4.78, 5) is 0. The maximum atomic E-state index is 5.74. The summed E-state index contributed by atoms with van der Waals surface area (Å²) in [6, 6.07) is 15.3. The van der Waals surface area contributed by atoms with Gasteiger partial charge in [0.05, 0.1) is 6.10 Å². The van der Waals surface area contributed by atoms with Crippen LogP contribution in [0.5, 0.6) is 17.2 Å². The predicted octanol–water partition coefficient (Wildman–Crippen LogP) is 5.00. The summed E-state index contributed by atoms with van der Waals surface area (Å²) in [6.07, 6.45) is 0.176. The summed E-state index contributed by atoms with van der Waals surface area (Å²) in [5.41, 5.74) is 1.08. The Morgan fingerprint density at radius 2 is 1.32 bits per heavy atom. The molecule has 2 rings (SSSR count). The van der Waals surface area contributed by atoms with Crippen molar-refractivity contribution < 1.29 is 9.47 Å². The second kappa shape index (κ2) is 6.48. The number of rotatable bonds is 5. The molecule has 3 heteroatoms. The van der Waals surface area contributed by atoms with Gasteiger partial charge in [-0.25, -0.2) is 0 Å². The van der Waals surface area contributed by atoms with E-state index in [1.165, 1.54) is 0 Å². The molecule has 0 aliphatic rings. The Hall–Kier alpha value is -1.67. The molecule has 0 fully saturated rings. The van der Waals surface area contributed by atoms with E-state index < -0.39 is 0 Å². The lowest BCUT2D eigenvalue weighted by molar-refractivity contribution is 0.242. The van der Waals surface area contributed by atoms with Crippen molar-refractivity contribution in [1.82, 2.24) is 0 Å². The monoisotopic (exact) mass is 276 g/mol. The van der Waals surface area contributed by atoms with Crippen LogP contribution in [0.1, 0.15) is 19.4 Å². The van der Waals surface area contributed by atoms with Gasteiger partial charge < -0.3 is 9.47 Å². The summed E-state index contributed by atoms with van der Waals surface area (Å²) < 4.78 is 11.3. The third kappa shape index (κ3) is 4.18. The van der Waals surface area contributed by atoms with Crippen LogP contribution in [0.4, 0.5) is 0 Å². The molecule has 0 heterocycles. The van der Waals surface area contributed by atoms with Crippen molar-refractivity contribution in [1.29, 1.82) is 0 Å². The number of hydrogen-bond acceptors (Lipinski definition) is 2. The van der Waals surface area contributed by atoms with Gasteiger partial charge in [0.2, 0.25) is 0 Å². The van der Waals surface area contributed by atoms with Crippen LogP contribution in [0.15, 0.2) is 48.5 Å². The van der Waals surface area contributed by atoms with Gasteiger partial charge in [-0.05, 0) is 55.8 Å². The highest BCUT2D eigenvalue weighted by Crippen LogP contribution is 2.24. The maximum absolute atomic E-state index is 5.74. The Bertz CT molecular complexity index is 503. The summed E-state index contributed by atoms with van der Waals surface area (Å²) in [5.74, 6) is 2.95. The highest BCUT2D eigenvalue weighted by Gasteiger charge is 2.00. The quantitative estimate of drug-likeness (QED) is 0.715. The minimum atomic E-state index is 0.176. The van der Waals surface area contributed by atoms with Crippen LogP contribution in [0.25, 0.3) is 0 Å². The average Bonchev–Trinajstić information content (AvgIpc) is 2.41. The second-order valence-electron chi connectivity index (χ2n) is 4.52. The lowest BCUT2D eigenvalue weighted by Gasteiger charge is -2.10. The molecule has 0 aliphatic carbocycles. The zero-order valence-corrected chi connectivity index (χ0v) is 11.9. The molecule has 0 bridgehead atoms. The van der Waals surface area contributed by atoms with E-state index in [4.69, 9.17) is 21.1 Å². The van der Waals surface area contributed by atoms with Crippen molar-refractivity contribution in [2.24, 2.45) is 0 Å². The number of benzene rings is 2. The van der Waals surface area contributed by atoms with E-state index in [2.05, 4.69) is 0 Å². The van der Waals surface area contributed by atoms with Crippen LogP contribution in [0.3, 0.4) is 0 Å². The van der Waals surface area contributed by atoms with Gasteiger partial charge in [0, 0.05) is 5.88 Å². The van der Waals surface area contributed by atoms with E-state index in [1.807, 2.05) is 62.4 Å². The van der Waals surface area contributed by atoms with Crippen molar-refractivity contribution in [2.45, 2.75) is 25.8 Å². The molecule has 0 unspecified atom stereocenters. The third-order valence-electron chi connectivity index (χ3n) is 2.51. The van der Waals surface area contributed by atoms with Gasteiger partial charge in [-0.15, -0.1) is 11.6 Å². The molecule has 2 aromatic carbocycles. The first-order valence-corrected chi connectivity index (χ1v) is 6.80. The number of ether oxygens (including phenoxy) is 2. The Kier molecular flexibility index (Phi) is 4.69. The van der Waals surface area contributed by atoms with E-state index in [1.54, 1.807) is 0 Å². The van der Waals surface area contributed by atoms with Gasteiger partial charge in [0.15, 0.2) is 0 Å². The van der Waals surface area contributed by atoms with Crippen LogP contribution in [0, 0.1) is 0 Å². The molecule has 0 atom stereocenters. The van der Waals surface area contributed by atoms with Crippen molar-refractivity contribution in [3.8, 4) is 17.2 Å². The maximum Gasteiger partial charge on any atom is 0.127 e. The molecule has 0 saturated carbocycles. The Labute approximate surface area is 118 Å². The standard InChI is InChI=1S/C16H17ClO2/c1-12(2)18-14-7-9-16(10-8-14)19-15-5-3-13(11-17)4-6-15/h3-10,12H,11H2,1-2H3. The molecule has 2 aromatic rings. The molecule has 0 aliphatic heterocycles. The molecule has 0 saturated heterocycles. The smallest absolute Gasteiger partial charge is 0.127 e. The molecule has 0 radical (unpaired) electrons. The zero-order valence-electron chi connectivity index (χ0n) is 11.1. The van der Waals surface area contributed by atoms with Crippen LogP contribution >= 0.6 is 11.6 Å². The van der Waals surface area contributed by atoms with Gasteiger partial charge in [-0.1, -0.05) is 12.1 Å². The summed E-state index contributed by atoms with van der Waals surface area (Å²) in [5, 5.41) is 0. The summed E-state index contributed by atoms with van der Waals surface area (Å²) >= 11 is 5.74. The molecule has 2 nitrogen and oxygen atoms in total. The fourth-order valence-electron chi connectivity index (χ4n) is 1.64.